The molecule has 1 heterocycles. The molecule has 3 atom stereocenters. The normalized spacial score (nSPS) is 31.6. The standard InChI is InChI=1S/C15H20BrNO2/c1-15(2)11-4-3-10(12(15)7-11)9-19-14-5-6-17(18)8-13(14)16/h5-6,8,10-12H,3-4,7,9H2,1-2H3/t10-,11+,12+/m1/s1. The predicted molar refractivity (Wildman–Crippen MR) is 76.7 cm³/mol. The first-order valence-electron chi connectivity index (χ1n) is 6.99. The number of hydrogen-bond acceptors (Lipinski definition) is 2. The number of hydrogen-bond donors (Lipinski definition) is 0. The van der Waals surface area contributed by atoms with Crippen molar-refractivity contribution >= 4 is 15.9 Å². The molecular formula is C15H20BrNO2. The Labute approximate surface area is 122 Å². The molecule has 0 N–H and O–H groups in total. The minimum Gasteiger partial charge on any atom is -0.619 e. The summed E-state index contributed by atoms with van der Waals surface area (Å²) >= 11 is 3.37. The molecule has 3 aliphatic rings. The summed E-state index contributed by atoms with van der Waals surface area (Å²) in [6.07, 6.45) is 6.96. The first-order valence-corrected chi connectivity index (χ1v) is 7.79. The lowest BCUT2D eigenvalue weighted by molar-refractivity contribution is -0.606. The topological polar surface area (TPSA) is 36.2 Å². The third-order valence-electron chi connectivity index (χ3n) is 5.30. The summed E-state index contributed by atoms with van der Waals surface area (Å²) in [5.41, 5.74) is 0.498. The van der Waals surface area contributed by atoms with E-state index in [1.54, 1.807) is 6.07 Å². The van der Waals surface area contributed by atoms with Gasteiger partial charge in [0.2, 0.25) is 0 Å². The van der Waals surface area contributed by atoms with Crippen molar-refractivity contribution in [3.05, 3.63) is 28.1 Å². The van der Waals surface area contributed by atoms with Gasteiger partial charge in [-0.3, -0.25) is 0 Å². The van der Waals surface area contributed by atoms with Gasteiger partial charge in [0, 0.05) is 6.07 Å². The number of ether oxygens (including phenoxy) is 1. The maximum Gasteiger partial charge on any atom is 0.198 e. The summed E-state index contributed by atoms with van der Waals surface area (Å²) in [6.45, 7) is 5.57. The molecular weight excluding hydrogens is 306 g/mol. The van der Waals surface area contributed by atoms with Gasteiger partial charge in [0.05, 0.1) is 6.61 Å². The van der Waals surface area contributed by atoms with Gasteiger partial charge >= 0.3 is 0 Å². The number of aromatic nitrogens is 1. The van der Waals surface area contributed by atoms with Crippen LogP contribution >= 0.6 is 15.9 Å². The van der Waals surface area contributed by atoms with Crippen LogP contribution in [0.4, 0.5) is 0 Å². The smallest absolute Gasteiger partial charge is 0.198 e. The molecule has 0 saturated heterocycles. The van der Waals surface area contributed by atoms with Gasteiger partial charge in [0.25, 0.3) is 0 Å². The lowest BCUT2D eigenvalue weighted by Crippen LogP contribution is -2.53. The highest BCUT2D eigenvalue weighted by molar-refractivity contribution is 9.10. The molecule has 0 aromatic carbocycles. The highest BCUT2D eigenvalue weighted by Crippen LogP contribution is 2.61. The van der Waals surface area contributed by atoms with Crippen LogP contribution in [0.25, 0.3) is 0 Å². The Morgan fingerprint density at radius 3 is 2.89 bits per heavy atom. The molecule has 0 unspecified atom stereocenters. The van der Waals surface area contributed by atoms with Crippen LogP contribution in [0.1, 0.15) is 33.1 Å². The Morgan fingerprint density at radius 1 is 1.47 bits per heavy atom. The van der Waals surface area contributed by atoms with Crippen LogP contribution in [0.5, 0.6) is 5.75 Å². The number of nitrogens with zero attached hydrogens (tertiary/aromatic N) is 1. The molecule has 4 heteroatoms. The molecule has 4 rings (SSSR count). The van der Waals surface area contributed by atoms with Crippen molar-refractivity contribution in [2.24, 2.45) is 23.2 Å². The molecule has 0 aliphatic heterocycles. The van der Waals surface area contributed by atoms with Crippen LogP contribution < -0.4 is 9.47 Å². The van der Waals surface area contributed by atoms with E-state index in [2.05, 4.69) is 29.8 Å². The van der Waals surface area contributed by atoms with Crippen LogP contribution in [-0.2, 0) is 0 Å². The summed E-state index contributed by atoms with van der Waals surface area (Å²) in [5.74, 6) is 3.16. The summed E-state index contributed by atoms with van der Waals surface area (Å²) < 4.78 is 7.42. The summed E-state index contributed by atoms with van der Waals surface area (Å²) in [5, 5.41) is 11.1. The lowest BCUT2D eigenvalue weighted by atomic mass is 9.46. The molecule has 0 spiro atoms. The van der Waals surface area contributed by atoms with Crippen molar-refractivity contribution in [3.8, 4) is 5.75 Å². The zero-order valence-corrected chi connectivity index (χ0v) is 13.0. The second kappa shape index (κ2) is 4.65. The average molecular weight is 326 g/mol. The second-order valence-electron chi connectivity index (χ2n) is 6.53. The Balaban J connectivity index is 1.63. The summed E-state index contributed by atoms with van der Waals surface area (Å²) in [4.78, 5) is 0. The number of rotatable bonds is 3. The highest BCUT2D eigenvalue weighted by atomic mass is 79.9. The van der Waals surface area contributed by atoms with E-state index in [9.17, 15) is 5.21 Å². The van der Waals surface area contributed by atoms with Crippen LogP contribution in [0, 0.1) is 28.4 Å². The fourth-order valence-electron chi connectivity index (χ4n) is 3.92. The average Bonchev–Trinajstić information content (AvgIpc) is 2.37. The molecule has 3 saturated carbocycles. The summed E-state index contributed by atoms with van der Waals surface area (Å²) in [7, 11) is 0. The maximum atomic E-state index is 11.1. The van der Waals surface area contributed by atoms with E-state index in [0.29, 0.717) is 11.3 Å². The van der Waals surface area contributed by atoms with E-state index in [4.69, 9.17) is 4.74 Å². The third-order valence-corrected chi connectivity index (χ3v) is 5.90. The molecule has 3 aliphatic carbocycles. The Bertz CT molecular complexity index is 487. The minimum atomic E-state index is 0.498. The van der Waals surface area contributed by atoms with Gasteiger partial charge in [-0.2, -0.15) is 4.73 Å². The van der Waals surface area contributed by atoms with Crippen molar-refractivity contribution in [1.82, 2.24) is 0 Å². The number of pyridine rings is 1. The van der Waals surface area contributed by atoms with Gasteiger partial charge in [0.1, 0.15) is 10.2 Å². The summed E-state index contributed by atoms with van der Waals surface area (Å²) in [6, 6.07) is 1.73. The fraction of sp³-hybridized carbons (Fsp3) is 0.667. The number of halogens is 1. The van der Waals surface area contributed by atoms with Crippen molar-refractivity contribution in [2.75, 3.05) is 6.61 Å². The Morgan fingerprint density at radius 2 is 2.26 bits per heavy atom. The first-order chi connectivity index (χ1) is 8.98. The zero-order valence-electron chi connectivity index (χ0n) is 11.4. The van der Waals surface area contributed by atoms with E-state index in [1.165, 1.54) is 31.7 Å². The van der Waals surface area contributed by atoms with E-state index >= 15 is 0 Å². The van der Waals surface area contributed by atoms with Crippen LogP contribution in [0.15, 0.2) is 22.9 Å². The van der Waals surface area contributed by atoms with Gasteiger partial charge in [-0.1, -0.05) is 13.8 Å². The third kappa shape index (κ3) is 2.24. The minimum absolute atomic E-state index is 0.498. The van der Waals surface area contributed by atoms with Crippen molar-refractivity contribution < 1.29 is 9.47 Å². The Kier molecular flexibility index (Phi) is 3.24. The highest BCUT2D eigenvalue weighted by Gasteiger charge is 2.54. The maximum absolute atomic E-state index is 11.1. The molecule has 3 nitrogen and oxygen atoms in total. The SMILES string of the molecule is CC1(C)[C@H]2CC[C@H](COc3cc[n+]([O-])cc3Br)[C@@H]1C2. The zero-order chi connectivity index (χ0) is 13.6. The fourth-order valence-corrected chi connectivity index (χ4v) is 4.36. The molecule has 3 fully saturated rings. The predicted octanol–water partition coefficient (Wildman–Crippen LogP) is 3.53. The first kappa shape index (κ1) is 13.2. The van der Waals surface area contributed by atoms with Gasteiger partial charge < -0.3 is 9.94 Å². The lowest BCUT2D eigenvalue weighted by Gasteiger charge is -2.60. The largest absolute Gasteiger partial charge is 0.619 e. The molecule has 1 aromatic rings. The van der Waals surface area contributed by atoms with Crippen molar-refractivity contribution in [3.63, 3.8) is 0 Å². The van der Waals surface area contributed by atoms with Crippen LogP contribution in [0.3, 0.4) is 0 Å². The van der Waals surface area contributed by atoms with E-state index in [0.717, 1.165) is 33.4 Å². The van der Waals surface area contributed by atoms with Crippen LogP contribution in [0.2, 0.25) is 0 Å². The van der Waals surface area contributed by atoms with Crippen molar-refractivity contribution in [2.45, 2.75) is 33.1 Å². The Hall–Kier alpha value is -0.770. The van der Waals surface area contributed by atoms with E-state index in [1.807, 2.05) is 0 Å². The van der Waals surface area contributed by atoms with E-state index in [-0.39, 0.29) is 0 Å². The molecule has 0 radical (unpaired) electrons. The number of fused-ring (bicyclic) bond motifs is 2. The second-order valence-corrected chi connectivity index (χ2v) is 7.38. The van der Waals surface area contributed by atoms with Crippen LogP contribution in [-0.4, -0.2) is 6.61 Å². The monoisotopic (exact) mass is 325 g/mol. The van der Waals surface area contributed by atoms with E-state index < -0.39 is 0 Å². The molecule has 19 heavy (non-hydrogen) atoms. The molecule has 2 bridgehead atoms. The van der Waals surface area contributed by atoms with Crippen molar-refractivity contribution in [1.29, 1.82) is 0 Å². The molecule has 0 amide bonds. The molecule has 104 valence electrons. The quantitative estimate of drug-likeness (QED) is 0.629. The van der Waals surface area contributed by atoms with Gasteiger partial charge in [-0.25, -0.2) is 0 Å². The van der Waals surface area contributed by atoms with Gasteiger partial charge in [-0.15, -0.1) is 0 Å². The molecule has 1 aromatic heterocycles. The van der Waals surface area contributed by atoms with Gasteiger partial charge in [0.15, 0.2) is 12.4 Å². The van der Waals surface area contributed by atoms with Gasteiger partial charge in [-0.05, 0) is 58.4 Å².